The lowest BCUT2D eigenvalue weighted by Crippen LogP contribution is -2.36. The summed E-state index contributed by atoms with van der Waals surface area (Å²) in [4.78, 5) is 30.1. The highest BCUT2D eigenvalue weighted by Gasteiger charge is 2.24. The van der Waals surface area contributed by atoms with E-state index in [0.717, 1.165) is 0 Å². The summed E-state index contributed by atoms with van der Waals surface area (Å²) in [5, 5.41) is 2.89. The first-order chi connectivity index (χ1) is 8.51. The molecule has 0 saturated heterocycles. The van der Waals surface area contributed by atoms with E-state index in [1.807, 2.05) is 13.8 Å². The second-order valence-corrected chi connectivity index (χ2v) is 4.29. The van der Waals surface area contributed by atoms with Gasteiger partial charge in [-0.3, -0.25) is 4.79 Å². The summed E-state index contributed by atoms with van der Waals surface area (Å²) in [6.07, 6.45) is 1.76. The van der Waals surface area contributed by atoms with Crippen LogP contribution in [0.5, 0.6) is 0 Å². The number of carbonyl (C=O) groups excluding carboxylic acids is 2. The lowest BCUT2D eigenvalue weighted by Gasteiger charge is -2.20. The normalized spacial score (nSPS) is 12.1. The Morgan fingerprint density at radius 3 is 2.67 bits per heavy atom. The topological polar surface area (TPSA) is 81.2 Å². The Morgan fingerprint density at radius 2 is 2.17 bits per heavy atom. The molecule has 0 bridgehead atoms. The number of carbonyl (C=O) groups is 2. The molecule has 1 aromatic rings. The van der Waals surface area contributed by atoms with E-state index in [1.54, 1.807) is 0 Å². The maximum Gasteiger partial charge on any atom is 0.328 e. The highest BCUT2D eigenvalue weighted by atomic mass is 35.5. The third-order valence-corrected chi connectivity index (χ3v) is 2.67. The highest BCUT2D eigenvalue weighted by Crippen LogP contribution is 2.20. The second kappa shape index (κ2) is 6.30. The number of halogens is 1. The van der Waals surface area contributed by atoms with Crippen molar-refractivity contribution >= 4 is 29.7 Å². The van der Waals surface area contributed by atoms with Crippen LogP contribution < -0.4 is 5.32 Å². The van der Waals surface area contributed by atoms with Crippen LogP contribution >= 0.6 is 11.6 Å². The molecule has 0 spiro atoms. The van der Waals surface area contributed by atoms with E-state index in [4.69, 9.17) is 11.6 Å². The number of hydrogen-bond donors (Lipinski definition) is 1. The molecule has 0 aliphatic heterocycles. The van der Waals surface area contributed by atoms with Gasteiger partial charge in [-0.1, -0.05) is 25.4 Å². The van der Waals surface area contributed by atoms with Gasteiger partial charge in [0.15, 0.2) is 6.29 Å². The smallest absolute Gasteiger partial charge is 0.328 e. The van der Waals surface area contributed by atoms with Crippen LogP contribution in [0.4, 0.5) is 5.82 Å². The Morgan fingerprint density at radius 1 is 1.50 bits per heavy atom. The molecule has 0 fully saturated rings. The first kappa shape index (κ1) is 14.4. The quantitative estimate of drug-likeness (QED) is 0.497. The second-order valence-electron chi connectivity index (χ2n) is 3.93. The fraction of sp³-hybridized carbons (Fsp3) is 0.455. The van der Waals surface area contributed by atoms with E-state index in [0.29, 0.717) is 6.29 Å². The highest BCUT2D eigenvalue weighted by molar-refractivity contribution is 6.32. The van der Waals surface area contributed by atoms with Gasteiger partial charge in [-0.2, -0.15) is 0 Å². The van der Waals surface area contributed by atoms with E-state index in [1.165, 1.54) is 13.4 Å². The molecule has 18 heavy (non-hydrogen) atoms. The number of nitrogens with one attached hydrogen (secondary N) is 1. The Labute approximate surface area is 110 Å². The minimum Gasteiger partial charge on any atom is -0.467 e. The van der Waals surface area contributed by atoms with E-state index in [-0.39, 0.29) is 22.5 Å². The fourth-order valence-electron chi connectivity index (χ4n) is 1.37. The average Bonchev–Trinajstić information content (AvgIpc) is 2.34. The predicted molar refractivity (Wildman–Crippen MR) is 66.7 cm³/mol. The van der Waals surface area contributed by atoms with E-state index < -0.39 is 12.0 Å². The molecule has 0 saturated carbocycles. The molecular formula is C11H14ClN3O3. The zero-order chi connectivity index (χ0) is 13.7. The predicted octanol–water partition coefficient (Wildman–Crippen LogP) is 1.55. The monoisotopic (exact) mass is 271 g/mol. The number of aromatic nitrogens is 2. The maximum atomic E-state index is 11.6. The van der Waals surface area contributed by atoms with Crippen LogP contribution in [-0.4, -0.2) is 35.4 Å². The Kier molecular flexibility index (Phi) is 5.03. The lowest BCUT2D eigenvalue weighted by atomic mass is 10.0. The standard InChI is InChI=1S/C11H14ClN3O3/c1-6(2)8(11(17)18-3)15-10-7(4-16)9(12)13-5-14-10/h4-6,8H,1-3H3,(H,13,14,15). The van der Waals surface area contributed by atoms with Crippen LogP contribution in [0.25, 0.3) is 0 Å². The first-order valence-electron chi connectivity index (χ1n) is 5.31. The van der Waals surface area contributed by atoms with Crippen LogP contribution in [-0.2, 0) is 9.53 Å². The molecule has 0 amide bonds. The molecule has 0 aliphatic rings. The van der Waals surface area contributed by atoms with Gasteiger partial charge in [0.05, 0.1) is 12.7 Å². The summed E-state index contributed by atoms with van der Waals surface area (Å²) in [5.74, 6) is -0.253. The molecule has 0 radical (unpaired) electrons. The molecule has 6 nitrogen and oxygen atoms in total. The van der Waals surface area contributed by atoms with E-state index >= 15 is 0 Å². The van der Waals surface area contributed by atoms with Crippen molar-refractivity contribution in [3.63, 3.8) is 0 Å². The van der Waals surface area contributed by atoms with Crippen LogP contribution in [0.3, 0.4) is 0 Å². The Hall–Kier alpha value is -1.69. The molecule has 1 N–H and O–H groups in total. The molecule has 1 unspecified atom stereocenters. The van der Waals surface area contributed by atoms with Gasteiger partial charge in [0.2, 0.25) is 0 Å². The van der Waals surface area contributed by atoms with Gasteiger partial charge in [-0.15, -0.1) is 0 Å². The number of aldehydes is 1. The number of rotatable bonds is 5. The van der Waals surface area contributed by atoms with Gasteiger partial charge in [-0.25, -0.2) is 14.8 Å². The van der Waals surface area contributed by atoms with Crippen LogP contribution in [0.2, 0.25) is 5.15 Å². The summed E-state index contributed by atoms with van der Waals surface area (Å²) in [6, 6.07) is -0.611. The van der Waals surface area contributed by atoms with Crippen molar-refractivity contribution in [1.29, 1.82) is 0 Å². The number of ether oxygens (including phenoxy) is 1. The summed E-state index contributed by atoms with van der Waals surface area (Å²) in [7, 11) is 1.30. The molecule has 1 atom stereocenters. The number of hydrogen-bond acceptors (Lipinski definition) is 6. The SMILES string of the molecule is COC(=O)C(Nc1ncnc(Cl)c1C=O)C(C)C. The van der Waals surface area contributed by atoms with Gasteiger partial charge >= 0.3 is 5.97 Å². The fourth-order valence-corrected chi connectivity index (χ4v) is 1.54. The van der Waals surface area contributed by atoms with Gasteiger partial charge < -0.3 is 10.1 Å². The molecule has 1 heterocycles. The number of esters is 1. The van der Waals surface area contributed by atoms with Crippen molar-refractivity contribution in [3.05, 3.63) is 17.0 Å². The van der Waals surface area contributed by atoms with Crippen molar-refractivity contribution in [1.82, 2.24) is 9.97 Å². The number of anilines is 1. The van der Waals surface area contributed by atoms with Crippen molar-refractivity contribution in [2.45, 2.75) is 19.9 Å². The van der Waals surface area contributed by atoms with Crippen LogP contribution in [0.1, 0.15) is 24.2 Å². The largest absolute Gasteiger partial charge is 0.467 e. The first-order valence-corrected chi connectivity index (χ1v) is 5.69. The molecule has 1 aromatic heterocycles. The lowest BCUT2D eigenvalue weighted by molar-refractivity contribution is -0.142. The van der Waals surface area contributed by atoms with Gasteiger partial charge in [-0.05, 0) is 5.92 Å². The Bertz CT molecular complexity index is 451. The third kappa shape index (κ3) is 3.16. The van der Waals surface area contributed by atoms with Gasteiger partial charge in [0, 0.05) is 0 Å². The minimum atomic E-state index is -0.611. The maximum absolute atomic E-state index is 11.6. The number of methoxy groups -OCH3 is 1. The van der Waals surface area contributed by atoms with E-state index in [2.05, 4.69) is 20.0 Å². The summed E-state index contributed by atoms with van der Waals surface area (Å²) in [6.45, 7) is 3.69. The summed E-state index contributed by atoms with van der Waals surface area (Å²) >= 11 is 5.77. The molecule has 0 aliphatic carbocycles. The van der Waals surface area contributed by atoms with Crippen LogP contribution in [0, 0.1) is 5.92 Å². The van der Waals surface area contributed by atoms with Crippen molar-refractivity contribution in [2.75, 3.05) is 12.4 Å². The summed E-state index contributed by atoms with van der Waals surface area (Å²) in [5.41, 5.74) is 0.119. The molecular weight excluding hydrogens is 258 g/mol. The molecule has 0 aromatic carbocycles. The third-order valence-electron chi connectivity index (χ3n) is 2.37. The zero-order valence-electron chi connectivity index (χ0n) is 10.3. The summed E-state index contributed by atoms with van der Waals surface area (Å²) < 4.78 is 4.68. The van der Waals surface area contributed by atoms with Gasteiger partial charge in [0.25, 0.3) is 0 Å². The zero-order valence-corrected chi connectivity index (χ0v) is 11.1. The minimum absolute atomic E-state index is 0.0364. The molecule has 1 rings (SSSR count). The van der Waals surface area contributed by atoms with Gasteiger partial charge in [0.1, 0.15) is 23.3 Å². The number of nitrogens with zero attached hydrogens (tertiary/aromatic N) is 2. The van der Waals surface area contributed by atoms with Crippen molar-refractivity contribution < 1.29 is 14.3 Å². The van der Waals surface area contributed by atoms with Crippen LogP contribution in [0.15, 0.2) is 6.33 Å². The molecule has 7 heteroatoms. The van der Waals surface area contributed by atoms with Crippen molar-refractivity contribution in [2.24, 2.45) is 5.92 Å². The van der Waals surface area contributed by atoms with Crippen molar-refractivity contribution in [3.8, 4) is 0 Å². The van der Waals surface area contributed by atoms with E-state index in [9.17, 15) is 9.59 Å². The average molecular weight is 272 g/mol. The molecule has 98 valence electrons. The Balaban J connectivity index is 3.04.